The molecule has 0 saturated heterocycles. The lowest BCUT2D eigenvalue weighted by Gasteiger charge is -2.16. The Morgan fingerprint density at radius 1 is 1.00 bits per heavy atom. The van der Waals surface area contributed by atoms with Crippen LogP contribution in [0, 0.1) is 6.92 Å². The summed E-state index contributed by atoms with van der Waals surface area (Å²) >= 11 is 0. The van der Waals surface area contributed by atoms with Gasteiger partial charge in [-0.3, -0.25) is 5.10 Å². The standard InChI is InChI=1S/C16H16N4O2S/c1-12-17-16(19-18-12)15(13-8-4-2-5-9-13)20-23(21,22)14-10-6-3-7-11-14/h2-11,15,20H,1H3,(H,17,18,19). The Hall–Kier alpha value is -2.51. The van der Waals surface area contributed by atoms with Crippen molar-refractivity contribution < 1.29 is 8.42 Å². The molecule has 1 heterocycles. The first-order valence-electron chi connectivity index (χ1n) is 7.07. The highest BCUT2D eigenvalue weighted by molar-refractivity contribution is 7.89. The quantitative estimate of drug-likeness (QED) is 0.751. The summed E-state index contributed by atoms with van der Waals surface area (Å²) in [5.74, 6) is 1.01. The van der Waals surface area contributed by atoms with Gasteiger partial charge in [0.25, 0.3) is 0 Å². The highest BCUT2D eigenvalue weighted by Gasteiger charge is 2.25. The number of aromatic nitrogens is 3. The van der Waals surface area contributed by atoms with Crippen molar-refractivity contribution in [2.45, 2.75) is 17.9 Å². The Labute approximate surface area is 134 Å². The van der Waals surface area contributed by atoms with Gasteiger partial charge in [-0.25, -0.2) is 13.4 Å². The van der Waals surface area contributed by atoms with Crippen molar-refractivity contribution >= 4 is 10.0 Å². The maximum absolute atomic E-state index is 12.6. The fourth-order valence-electron chi connectivity index (χ4n) is 2.23. The van der Waals surface area contributed by atoms with E-state index in [0.29, 0.717) is 11.6 Å². The highest BCUT2D eigenvalue weighted by Crippen LogP contribution is 2.22. The topological polar surface area (TPSA) is 87.7 Å². The molecule has 0 fully saturated rings. The number of nitrogens with zero attached hydrogens (tertiary/aromatic N) is 2. The van der Waals surface area contributed by atoms with Gasteiger partial charge in [-0.2, -0.15) is 9.82 Å². The van der Waals surface area contributed by atoms with E-state index >= 15 is 0 Å². The predicted octanol–water partition coefficient (Wildman–Crippen LogP) is 2.18. The number of H-pyrrole nitrogens is 1. The van der Waals surface area contributed by atoms with Gasteiger partial charge in [0.05, 0.1) is 4.90 Å². The summed E-state index contributed by atoms with van der Waals surface area (Å²) in [4.78, 5) is 4.47. The summed E-state index contributed by atoms with van der Waals surface area (Å²) in [6.45, 7) is 1.77. The Kier molecular flexibility index (Phi) is 4.22. The van der Waals surface area contributed by atoms with Crippen molar-refractivity contribution in [3.63, 3.8) is 0 Å². The third-order valence-electron chi connectivity index (χ3n) is 3.33. The fourth-order valence-corrected chi connectivity index (χ4v) is 3.43. The maximum Gasteiger partial charge on any atom is 0.241 e. The molecule has 2 N–H and O–H groups in total. The predicted molar refractivity (Wildman–Crippen MR) is 86.2 cm³/mol. The molecule has 0 radical (unpaired) electrons. The van der Waals surface area contributed by atoms with Crippen molar-refractivity contribution in [3.8, 4) is 0 Å². The summed E-state index contributed by atoms with van der Waals surface area (Å²) in [6.07, 6.45) is 0. The number of aryl methyl sites for hydroxylation is 1. The lowest BCUT2D eigenvalue weighted by Crippen LogP contribution is -2.30. The minimum Gasteiger partial charge on any atom is -0.263 e. The molecule has 2 aromatic carbocycles. The van der Waals surface area contributed by atoms with Gasteiger partial charge in [0, 0.05) is 0 Å². The van der Waals surface area contributed by atoms with Crippen molar-refractivity contribution in [3.05, 3.63) is 77.9 Å². The van der Waals surface area contributed by atoms with E-state index < -0.39 is 16.1 Å². The number of aromatic amines is 1. The van der Waals surface area contributed by atoms with Gasteiger partial charge in [-0.1, -0.05) is 48.5 Å². The van der Waals surface area contributed by atoms with Gasteiger partial charge in [0.1, 0.15) is 11.9 Å². The Morgan fingerprint density at radius 2 is 1.61 bits per heavy atom. The number of hydrogen-bond acceptors (Lipinski definition) is 4. The van der Waals surface area contributed by atoms with Gasteiger partial charge in [-0.05, 0) is 24.6 Å². The zero-order valence-electron chi connectivity index (χ0n) is 12.5. The minimum absolute atomic E-state index is 0.202. The van der Waals surface area contributed by atoms with E-state index in [4.69, 9.17) is 0 Å². The third kappa shape index (κ3) is 3.46. The number of rotatable bonds is 5. The zero-order chi connectivity index (χ0) is 16.3. The number of hydrogen-bond donors (Lipinski definition) is 2. The van der Waals surface area contributed by atoms with Crippen molar-refractivity contribution in [1.82, 2.24) is 19.9 Å². The van der Waals surface area contributed by atoms with Crippen LogP contribution in [0.5, 0.6) is 0 Å². The summed E-state index contributed by atoms with van der Waals surface area (Å²) in [5.41, 5.74) is 0.769. The summed E-state index contributed by atoms with van der Waals surface area (Å²) in [7, 11) is -3.69. The first-order valence-corrected chi connectivity index (χ1v) is 8.56. The number of nitrogens with one attached hydrogen (secondary N) is 2. The van der Waals surface area contributed by atoms with Crippen LogP contribution in [-0.4, -0.2) is 23.6 Å². The van der Waals surface area contributed by atoms with Gasteiger partial charge < -0.3 is 0 Å². The van der Waals surface area contributed by atoms with Crippen LogP contribution in [0.1, 0.15) is 23.3 Å². The second-order valence-electron chi connectivity index (χ2n) is 5.06. The number of benzene rings is 2. The molecule has 1 unspecified atom stereocenters. The van der Waals surface area contributed by atoms with E-state index in [2.05, 4.69) is 19.9 Å². The van der Waals surface area contributed by atoms with Crippen LogP contribution in [0.4, 0.5) is 0 Å². The first kappa shape index (κ1) is 15.4. The normalized spacial score (nSPS) is 12.9. The minimum atomic E-state index is -3.69. The second kappa shape index (κ2) is 6.31. The monoisotopic (exact) mass is 328 g/mol. The molecule has 6 nitrogen and oxygen atoms in total. The smallest absolute Gasteiger partial charge is 0.241 e. The average Bonchev–Trinajstić information content (AvgIpc) is 3.00. The van der Waals surface area contributed by atoms with Gasteiger partial charge in [0.15, 0.2) is 5.82 Å². The van der Waals surface area contributed by atoms with Crippen LogP contribution < -0.4 is 4.72 Å². The van der Waals surface area contributed by atoms with Crippen LogP contribution in [0.3, 0.4) is 0 Å². The molecule has 1 aromatic heterocycles. The van der Waals surface area contributed by atoms with Crippen LogP contribution in [0.2, 0.25) is 0 Å². The molecule has 3 aromatic rings. The molecule has 7 heteroatoms. The van der Waals surface area contributed by atoms with E-state index in [-0.39, 0.29) is 4.90 Å². The molecule has 0 aliphatic rings. The fraction of sp³-hybridized carbons (Fsp3) is 0.125. The Balaban J connectivity index is 2.00. The van der Waals surface area contributed by atoms with Crippen LogP contribution in [-0.2, 0) is 10.0 Å². The summed E-state index contributed by atoms with van der Waals surface area (Å²) in [5, 5.41) is 6.86. The molecule has 1 atom stereocenters. The van der Waals surface area contributed by atoms with Gasteiger partial charge in [-0.15, -0.1) is 0 Å². The lowest BCUT2D eigenvalue weighted by molar-refractivity contribution is 0.567. The molecule has 118 valence electrons. The van der Waals surface area contributed by atoms with Crippen LogP contribution in [0.25, 0.3) is 0 Å². The average molecular weight is 328 g/mol. The Bertz CT molecular complexity index is 877. The van der Waals surface area contributed by atoms with Crippen molar-refractivity contribution in [2.75, 3.05) is 0 Å². The first-order chi connectivity index (χ1) is 11.1. The molecule has 0 spiro atoms. The van der Waals surface area contributed by atoms with E-state index in [0.717, 1.165) is 5.56 Å². The van der Waals surface area contributed by atoms with Crippen molar-refractivity contribution in [1.29, 1.82) is 0 Å². The molecule has 0 aliphatic carbocycles. The molecule has 0 saturated carbocycles. The SMILES string of the molecule is Cc1nc(C(NS(=O)(=O)c2ccccc2)c2ccccc2)n[nH]1. The molecule has 0 aliphatic heterocycles. The molecule has 0 bridgehead atoms. The van der Waals surface area contributed by atoms with Gasteiger partial charge >= 0.3 is 0 Å². The molecular formula is C16H16N4O2S. The Morgan fingerprint density at radius 3 is 2.17 bits per heavy atom. The molecular weight excluding hydrogens is 312 g/mol. The van der Waals surface area contributed by atoms with Crippen LogP contribution >= 0.6 is 0 Å². The van der Waals surface area contributed by atoms with Crippen molar-refractivity contribution in [2.24, 2.45) is 0 Å². The second-order valence-corrected chi connectivity index (χ2v) is 6.77. The van der Waals surface area contributed by atoms with E-state index in [1.807, 2.05) is 30.3 Å². The molecule has 3 rings (SSSR count). The molecule has 0 amide bonds. The summed E-state index contributed by atoms with van der Waals surface area (Å²) in [6, 6.07) is 16.8. The van der Waals surface area contributed by atoms with E-state index in [1.54, 1.807) is 37.3 Å². The molecule has 23 heavy (non-hydrogen) atoms. The largest absolute Gasteiger partial charge is 0.263 e. The zero-order valence-corrected chi connectivity index (χ0v) is 13.3. The third-order valence-corrected chi connectivity index (χ3v) is 4.77. The van der Waals surface area contributed by atoms with E-state index in [1.165, 1.54) is 0 Å². The van der Waals surface area contributed by atoms with Crippen LogP contribution in [0.15, 0.2) is 65.6 Å². The lowest BCUT2D eigenvalue weighted by atomic mass is 10.1. The highest BCUT2D eigenvalue weighted by atomic mass is 32.2. The van der Waals surface area contributed by atoms with Gasteiger partial charge in [0.2, 0.25) is 10.0 Å². The summed E-state index contributed by atoms with van der Waals surface area (Å²) < 4.78 is 27.9. The maximum atomic E-state index is 12.6. The van der Waals surface area contributed by atoms with E-state index in [9.17, 15) is 8.42 Å². The number of sulfonamides is 1.